The Balaban J connectivity index is 1.49. The smallest absolute Gasteiger partial charge is 0.216 e. The normalized spacial score (nSPS) is 20.1. The molecule has 0 atom stereocenters. The molecule has 1 aromatic rings. The van der Waals surface area contributed by atoms with Crippen molar-refractivity contribution in [1.82, 2.24) is 15.2 Å². The summed E-state index contributed by atoms with van der Waals surface area (Å²) < 4.78 is 12.1. The number of hydrogen-bond donors (Lipinski definition) is 1. The molecule has 28 heavy (non-hydrogen) atoms. The molecule has 1 aliphatic heterocycles. The maximum absolute atomic E-state index is 6.21. The Labute approximate surface area is 170 Å². The zero-order valence-corrected chi connectivity index (χ0v) is 18.2. The van der Waals surface area contributed by atoms with Gasteiger partial charge in [0.25, 0.3) is 0 Å². The zero-order valence-electron chi connectivity index (χ0n) is 18.2. The summed E-state index contributed by atoms with van der Waals surface area (Å²) in [5.41, 5.74) is -0.0279. The lowest BCUT2D eigenvalue weighted by Crippen LogP contribution is -2.47. The second kappa shape index (κ2) is 9.77. The van der Waals surface area contributed by atoms with Crippen LogP contribution in [-0.2, 0) is 16.7 Å². The van der Waals surface area contributed by atoms with E-state index in [1.54, 1.807) is 0 Å². The second-order valence-corrected chi connectivity index (χ2v) is 9.21. The first-order valence-electron chi connectivity index (χ1n) is 11.1. The van der Waals surface area contributed by atoms with Crippen LogP contribution in [0.5, 0.6) is 0 Å². The molecule has 0 spiro atoms. The van der Waals surface area contributed by atoms with Gasteiger partial charge >= 0.3 is 0 Å². The molecule has 0 unspecified atom stereocenters. The summed E-state index contributed by atoms with van der Waals surface area (Å²) in [7, 11) is 0. The fourth-order valence-electron chi connectivity index (χ4n) is 3.98. The van der Waals surface area contributed by atoms with Gasteiger partial charge in [0.2, 0.25) is 5.89 Å². The molecule has 2 fully saturated rings. The van der Waals surface area contributed by atoms with Crippen molar-refractivity contribution in [3.05, 3.63) is 17.8 Å². The molecule has 1 aliphatic carbocycles. The van der Waals surface area contributed by atoms with Gasteiger partial charge in [-0.2, -0.15) is 0 Å². The van der Waals surface area contributed by atoms with E-state index in [9.17, 15) is 0 Å². The zero-order chi connectivity index (χ0) is 20.0. The molecule has 0 amide bonds. The number of aromatic nitrogens is 1. The number of piperidine rings is 1. The van der Waals surface area contributed by atoms with E-state index < -0.39 is 0 Å². The molecule has 1 N–H and O–H groups in total. The Hall–Kier alpha value is -1.56. The molecule has 0 aromatic carbocycles. The van der Waals surface area contributed by atoms with E-state index in [0.29, 0.717) is 18.5 Å². The molecule has 1 aromatic heterocycles. The number of nitrogens with one attached hydrogen (secondary N) is 1. The Bertz CT molecular complexity index is 621. The van der Waals surface area contributed by atoms with Gasteiger partial charge in [0, 0.05) is 31.7 Å². The summed E-state index contributed by atoms with van der Waals surface area (Å²) in [6.45, 7) is 12.7. The largest absolute Gasteiger partial charge is 0.443 e. The first kappa shape index (κ1) is 21.2. The lowest BCUT2D eigenvalue weighted by Gasteiger charge is -2.34. The van der Waals surface area contributed by atoms with Crippen molar-refractivity contribution in [3.8, 4) is 0 Å². The highest BCUT2D eigenvalue weighted by molar-refractivity contribution is 5.80. The number of nitrogens with zero attached hydrogens (tertiary/aromatic N) is 3. The summed E-state index contributed by atoms with van der Waals surface area (Å²) in [6.07, 6.45) is 9.86. The van der Waals surface area contributed by atoms with E-state index in [4.69, 9.17) is 14.1 Å². The summed E-state index contributed by atoms with van der Waals surface area (Å²) in [5, 5.41) is 3.42. The highest BCUT2D eigenvalue weighted by Gasteiger charge is 2.24. The fourth-order valence-corrected chi connectivity index (χ4v) is 3.98. The number of hydrogen-bond acceptors (Lipinski definition) is 4. The van der Waals surface area contributed by atoms with E-state index in [-0.39, 0.29) is 5.41 Å². The van der Waals surface area contributed by atoms with Crippen molar-refractivity contribution in [1.29, 1.82) is 0 Å². The third-order valence-electron chi connectivity index (χ3n) is 5.78. The van der Waals surface area contributed by atoms with Crippen LogP contribution >= 0.6 is 0 Å². The highest BCUT2D eigenvalue weighted by Crippen LogP contribution is 2.26. The van der Waals surface area contributed by atoms with Crippen LogP contribution in [-0.4, -0.2) is 48.2 Å². The Morgan fingerprint density at radius 1 is 1.25 bits per heavy atom. The maximum Gasteiger partial charge on any atom is 0.216 e. The first-order valence-corrected chi connectivity index (χ1v) is 11.1. The standard InChI is InChI=1S/C22H38N4O2/c1-5-23-21(25-15-20-24-14-19(28-20)22(2,3)4)26-12-10-18(11-13-26)27-16-17-8-6-7-9-17/h14,17-18H,5-13,15-16H2,1-4H3,(H,23,25). The number of rotatable bonds is 6. The predicted octanol–water partition coefficient (Wildman–Crippen LogP) is 4.11. The fraction of sp³-hybridized carbons (Fsp3) is 0.818. The van der Waals surface area contributed by atoms with Gasteiger partial charge in [-0.25, -0.2) is 9.98 Å². The van der Waals surface area contributed by atoms with Crippen molar-refractivity contribution >= 4 is 5.96 Å². The number of likely N-dealkylation sites (tertiary alicyclic amines) is 1. The SMILES string of the molecule is CCNC(=NCc1ncc(C(C)(C)C)o1)N1CCC(OCC2CCCC2)CC1. The van der Waals surface area contributed by atoms with Crippen LogP contribution < -0.4 is 5.32 Å². The summed E-state index contributed by atoms with van der Waals surface area (Å²) in [6, 6.07) is 0. The average Bonchev–Trinajstić information content (AvgIpc) is 3.35. The summed E-state index contributed by atoms with van der Waals surface area (Å²) >= 11 is 0. The van der Waals surface area contributed by atoms with Gasteiger partial charge in [0.1, 0.15) is 12.3 Å². The van der Waals surface area contributed by atoms with Gasteiger partial charge in [-0.05, 0) is 38.5 Å². The molecule has 2 aliphatic rings. The number of oxazole rings is 1. The molecule has 1 saturated heterocycles. The molecular formula is C22H38N4O2. The van der Waals surface area contributed by atoms with Crippen molar-refractivity contribution in [2.24, 2.45) is 10.9 Å². The van der Waals surface area contributed by atoms with Crippen molar-refractivity contribution in [2.75, 3.05) is 26.2 Å². The van der Waals surface area contributed by atoms with Gasteiger partial charge in [-0.1, -0.05) is 33.6 Å². The number of aliphatic imine (C=N–C) groups is 1. The first-order chi connectivity index (χ1) is 13.5. The van der Waals surface area contributed by atoms with Crippen molar-refractivity contribution < 1.29 is 9.15 Å². The predicted molar refractivity (Wildman–Crippen MR) is 113 cm³/mol. The van der Waals surface area contributed by atoms with E-state index >= 15 is 0 Å². The van der Waals surface area contributed by atoms with E-state index in [1.807, 2.05) is 6.20 Å². The van der Waals surface area contributed by atoms with Crippen LogP contribution in [0.25, 0.3) is 0 Å². The Morgan fingerprint density at radius 3 is 2.57 bits per heavy atom. The molecule has 6 heteroatoms. The highest BCUT2D eigenvalue weighted by atomic mass is 16.5. The lowest BCUT2D eigenvalue weighted by atomic mass is 9.94. The van der Waals surface area contributed by atoms with Crippen LogP contribution in [0, 0.1) is 5.92 Å². The monoisotopic (exact) mass is 390 g/mol. The third kappa shape index (κ3) is 5.97. The van der Waals surface area contributed by atoms with Crippen LogP contribution in [0.4, 0.5) is 0 Å². The average molecular weight is 391 g/mol. The lowest BCUT2D eigenvalue weighted by molar-refractivity contribution is 0.00100. The van der Waals surface area contributed by atoms with Gasteiger partial charge in [-0.15, -0.1) is 0 Å². The van der Waals surface area contributed by atoms with Crippen LogP contribution in [0.2, 0.25) is 0 Å². The second-order valence-electron chi connectivity index (χ2n) is 9.21. The molecular weight excluding hydrogens is 352 g/mol. The van der Waals surface area contributed by atoms with Gasteiger partial charge in [0.15, 0.2) is 5.96 Å². The molecule has 3 rings (SSSR count). The van der Waals surface area contributed by atoms with Gasteiger partial charge < -0.3 is 19.4 Å². The quantitative estimate of drug-likeness (QED) is 0.585. The topological polar surface area (TPSA) is 62.9 Å². The molecule has 0 bridgehead atoms. The van der Waals surface area contributed by atoms with Crippen LogP contribution in [0.3, 0.4) is 0 Å². The van der Waals surface area contributed by atoms with Crippen molar-refractivity contribution in [3.63, 3.8) is 0 Å². The molecule has 1 saturated carbocycles. The molecule has 0 radical (unpaired) electrons. The number of guanidine groups is 1. The number of ether oxygens (including phenoxy) is 1. The maximum atomic E-state index is 6.21. The van der Waals surface area contributed by atoms with Crippen molar-refractivity contribution in [2.45, 2.75) is 84.3 Å². The minimum Gasteiger partial charge on any atom is -0.443 e. The van der Waals surface area contributed by atoms with Gasteiger partial charge in [-0.3, -0.25) is 0 Å². The Morgan fingerprint density at radius 2 is 1.96 bits per heavy atom. The van der Waals surface area contributed by atoms with Crippen LogP contribution in [0.1, 0.15) is 77.9 Å². The molecule has 2 heterocycles. The molecule has 158 valence electrons. The van der Waals surface area contributed by atoms with E-state index in [2.05, 4.69) is 42.9 Å². The summed E-state index contributed by atoms with van der Waals surface area (Å²) in [5.74, 6) is 3.33. The van der Waals surface area contributed by atoms with Crippen LogP contribution in [0.15, 0.2) is 15.6 Å². The van der Waals surface area contributed by atoms with Gasteiger partial charge in [0.05, 0.1) is 12.3 Å². The summed E-state index contributed by atoms with van der Waals surface area (Å²) in [4.78, 5) is 11.5. The Kier molecular flexibility index (Phi) is 7.38. The van der Waals surface area contributed by atoms with E-state index in [0.717, 1.165) is 56.7 Å². The third-order valence-corrected chi connectivity index (χ3v) is 5.78. The van der Waals surface area contributed by atoms with E-state index in [1.165, 1.54) is 25.7 Å². The minimum atomic E-state index is -0.0279. The molecule has 6 nitrogen and oxygen atoms in total. The minimum absolute atomic E-state index is 0.0279.